The fourth-order valence-corrected chi connectivity index (χ4v) is 1.38. The number of hydrogen-bond acceptors (Lipinski definition) is 4. The van der Waals surface area contributed by atoms with Gasteiger partial charge >= 0.3 is 5.97 Å². The van der Waals surface area contributed by atoms with Crippen molar-refractivity contribution in [2.75, 3.05) is 14.1 Å². The maximum atomic E-state index is 9.94. The molecule has 3 N–H and O–H groups in total. The lowest BCUT2D eigenvalue weighted by molar-refractivity contribution is -0.888. The maximum absolute atomic E-state index is 9.94. The Hall–Kier alpha value is -1.92. The molecule has 0 aromatic heterocycles. The molecule has 112 valence electrons. The molecule has 0 aliphatic heterocycles. The van der Waals surface area contributed by atoms with E-state index in [-0.39, 0.29) is 12.1 Å². The molecule has 0 amide bonds. The van der Waals surface area contributed by atoms with Crippen LogP contribution in [0.15, 0.2) is 30.3 Å². The normalized spacial score (nSPS) is 13.1. The molecule has 0 aliphatic carbocycles. The van der Waals surface area contributed by atoms with Gasteiger partial charge in [-0.05, 0) is 12.5 Å². The zero-order valence-electron chi connectivity index (χ0n) is 11.9. The molecule has 0 radical (unpaired) electrons. The number of rotatable bonds is 5. The Morgan fingerprint density at radius 1 is 1.25 bits per heavy atom. The predicted octanol–water partition coefficient (Wildman–Crippen LogP) is -1.54. The van der Waals surface area contributed by atoms with E-state index in [4.69, 9.17) is 5.11 Å². The highest BCUT2D eigenvalue weighted by Gasteiger charge is 2.20. The monoisotopic (exact) mass is 283 g/mol. The van der Waals surface area contributed by atoms with E-state index < -0.39 is 18.4 Å². The highest BCUT2D eigenvalue weighted by atomic mass is 16.4. The SMILES string of the molecule is C[C@H]([C@@H](O)c1ccccc1)[NH+](C)C.O=C([O-])CC(=O)O. The van der Waals surface area contributed by atoms with Crippen molar-refractivity contribution in [1.29, 1.82) is 0 Å². The van der Waals surface area contributed by atoms with Crippen molar-refractivity contribution >= 4 is 11.9 Å². The van der Waals surface area contributed by atoms with Gasteiger partial charge in [0.1, 0.15) is 12.1 Å². The van der Waals surface area contributed by atoms with E-state index in [9.17, 15) is 19.8 Å². The number of carbonyl (C=O) groups is 2. The van der Waals surface area contributed by atoms with Crippen LogP contribution in [0, 0.1) is 0 Å². The fourth-order valence-electron chi connectivity index (χ4n) is 1.38. The zero-order chi connectivity index (χ0) is 15.7. The number of carboxylic acid groups (broad SMARTS) is 2. The Morgan fingerprint density at radius 3 is 2.05 bits per heavy atom. The van der Waals surface area contributed by atoms with Gasteiger partial charge in [-0.1, -0.05) is 30.3 Å². The Balaban J connectivity index is 0.000000441. The summed E-state index contributed by atoms with van der Waals surface area (Å²) in [6, 6.07) is 10.0. The molecule has 6 heteroatoms. The van der Waals surface area contributed by atoms with E-state index in [1.807, 2.05) is 37.3 Å². The van der Waals surface area contributed by atoms with E-state index in [0.717, 1.165) is 5.56 Å². The molecule has 0 unspecified atom stereocenters. The van der Waals surface area contributed by atoms with Crippen molar-refractivity contribution in [3.63, 3.8) is 0 Å². The minimum atomic E-state index is -1.56. The van der Waals surface area contributed by atoms with Crippen LogP contribution < -0.4 is 10.0 Å². The van der Waals surface area contributed by atoms with Crippen LogP contribution in [0.2, 0.25) is 0 Å². The number of nitrogens with one attached hydrogen (secondary N) is 1. The molecule has 0 bridgehead atoms. The molecule has 2 atom stereocenters. The summed E-state index contributed by atoms with van der Waals surface area (Å²) >= 11 is 0. The number of aliphatic hydroxyl groups is 1. The average molecular weight is 283 g/mol. The van der Waals surface area contributed by atoms with Crippen LogP contribution >= 0.6 is 0 Å². The first-order valence-corrected chi connectivity index (χ1v) is 6.20. The second-order valence-electron chi connectivity index (χ2n) is 4.66. The Bertz CT molecular complexity index is 407. The van der Waals surface area contributed by atoms with Gasteiger partial charge in [0.2, 0.25) is 0 Å². The third-order valence-electron chi connectivity index (χ3n) is 2.82. The van der Waals surface area contributed by atoms with Crippen LogP contribution in [-0.4, -0.2) is 42.3 Å². The Labute approximate surface area is 118 Å². The number of benzene rings is 1. The van der Waals surface area contributed by atoms with Gasteiger partial charge in [0.05, 0.1) is 26.5 Å². The van der Waals surface area contributed by atoms with Crippen molar-refractivity contribution in [2.24, 2.45) is 0 Å². The third kappa shape index (κ3) is 7.50. The van der Waals surface area contributed by atoms with Crippen molar-refractivity contribution in [2.45, 2.75) is 25.5 Å². The van der Waals surface area contributed by atoms with Crippen LogP contribution in [0.1, 0.15) is 25.0 Å². The molecule has 0 spiro atoms. The summed E-state index contributed by atoms with van der Waals surface area (Å²) in [5, 5.41) is 26.9. The number of aliphatic carboxylic acids is 2. The predicted molar refractivity (Wildman–Crippen MR) is 70.9 cm³/mol. The smallest absolute Gasteiger partial charge is 0.309 e. The highest BCUT2D eigenvalue weighted by Crippen LogP contribution is 2.13. The molecule has 1 rings (SSSR count). The first kappa shape index (κ1) is 18.1. The van der Waals surface area contributed by atoms with Gasteiger partial charge in [-0.3, -0.25) is 4.79 Å². The van der Waals surface area contributed by atoms with Gasteiger partial charge in [-0.25, -0.2) is 0 Å². The number of likely N-dealkylation sites (N-methyl/N-ethyl adjacent to an activating group) is 1. The lowest BCUT2D eigenvalue weighted by Gasteiger charge is -2.22. The zero-order valence-corrected chi connectivity index (χ0v) is 11.9. The van der Waals surface area contributed by atoms with Crippen LogP contribution in [0.5, 0.6) is 0 Å². The summed E-state index contributed by atoms with van der Waals surface area (Å²) < 4.78 is 0. The third-order valence-corrected chi connectivity index (χ3v) is 2.82. The van der Waals surface area contributed by atoms with Crippen LogP contribution in [0.3, 0.4) is 0 Å². The maximum Gasteiger partial charge on any atom is 0.309 e. The first-order chi connectivity index (χ1) is 9.25. The molecule has 0 saturated heterocycles. The molecule has 1 aromatic rings. The molecule has 0 aliphatic rings. The summed E-state index contributed by atoms with van der Waals surface area (Å²) in [4.78, 5) is 20.0. The second kappa shape index (κ2) is 9.06. The molecule has 1 aromatic carbocycles. The largest absolute Gasteiger partial charge is 0.550 e. The summed E-state index contributed by atoms with van der Waals surface area (Å²) in [6.45, 7) is 2.05. The van der Waals surface area contributed by atoms with Crippen LogP contribution in [-0.2, 0) is 9.59 Å². The molecular weight excluding hydrogens is 262 g/mol. The number of carbonyl (C=O) groups excluding carboxylic acids is 1. The van der Waals surface area contributed by atoms with Crippen molar-refractivity contribution in [3.8, 4) is 0 Å². The number of aliphatic hydroxyl groups excluding tert-OH is 1. The standard InChI is InChI=1S/C11H17NO.C3H4O4/c1-9(12(2)3)11(13)10-7-5-4-6-8-10;4-2(5)1-3(6)7/h4-9,11,13H,1-3H3;1H2,(H,4,5)(H,6,7)/t9-,11-;/m1./s1. The first-order valence-electron chi connectivity index (χ1n) is 6.20. The van der Waals surface area contributed by atoms with Gasteiger partial charge in [0.15, 0.2) is 0 Å². The molecule has 6 nitrogen and oxygen atoms in total. The lowest BCUT2D eigenvalue weighted by Crippen LogP contribution is -3.10. The van der Waals surface area contributed by atoms with Gasteiger partial charge in [0.25, 0.3) is 0 Å². The minimum Gasteiger partial charge on any atom is -0.550 e. The van der Waals surface area contributed by atoms with E-state index in [1.54, 1.807) is 0 Å². The Kier molecular flexibility index (Phi) is 8.19. The number of hydrogen-bond donors (Lipinski definition) is 3. The van der Waals surface area contributed by atoms with Gasteiger partial charge in [0, 0.05) is 0 Å². The molecular formula is C14H21NO5. The second-order valence-corrected chi connectivity index (χ2v) is 4.66. The highest BCUT2D eigenvalue weighted by molar-refractivity contribution is 5.87. The minimum absolute atomic E-state index is 0.224. The number of carboxylic acids is 2. The van der Waals surface area contributed by atoms with Crippen molar-refractivity contribution in [1.82, 2.24) is 0 Å². The summed E-state index contributed by atoms with van der Waals surface area (Å²) in [7, 11) is 4.10. The van der Waals surface area contributed by atoms with E-state index in [2.05, 4.69) is 14.1 Å². The fraction of sp³-hybridized carbons (Fsp3) is 0.429. The van der Waals surface area contributed by atoms with E-state index in [1.165, 1.54) is 4.90 Å². The quantitative estimate of drug-likeness (QED) is 0.569. The molecule has 20 heavy (non-hydrogen) atoms. The molecule has 0 heterocycles. The number of quaternary nitrogens is 1. The van der Waals surface area contributed by atoms with E-state index in [0.29, 0.717) is 0 Å². The summed E-state index contributed by atoms with van der Waals surface area (Å²) in [5.74, 6) is -2.94. The van der Waals surface area contributed by atoms with Crippen LogP contribution in [0.4, 0.5) is 0 Å². The van der Waals surface area contributed by atoms with Crippen molar-refractivity contribution in [3.05, 3.63) is 35.9 Å². The lowest BCUT2D eigenvalue weighted by atomic mass is 10.0. The molecule has 0 fully saturated rings. The Morgan fingerprint density at radius 2 is 1.75 bits per heavy atom. The van der Waals surface area contributed by atoms with Crippen molar-refractivity contribution < 1.29 is 29.8 Å². The average Bonchev–Trinajstić information content (AvgIpc) is 2.37. The van der Waals surface area contributed by atoms with Gasteiger partial charge < -0.3 is 25.0 Å². The van der Waals surface area contributed by atoms with Crippen LogP contribution in [0.25, 0.3) is 0 Å². The van der Waals surface area contributed by atoms with Gasteiger partial charge in [-0.2, -0.15) is 0 Å². The topological polar surface area (TPSA) is 102 Å². The van der Waals surface area contributed by atoms with E-state index >= 15 is 0 Å². The summed E-state index contributed by atoms with van der Waals surface area (Å²) in [5.41, 5.74) is 0.996. The molecule has 0 saturated carbocycles. The summed E-state index contributed by atoms with van der Waals surface area (Å²) in [6.07, 6.45) is -1.29. The van der Waals surface area contributed by atoms with Gasteiger partial charge in [-0.15, -0.1) is 0 Å².